The molecule has 0 saturated carbocycles. The molecule has 0 N–H and O–H groups in total. The summed E-state index contributed by atoms with van der Waals surface area (Å²) in [7, 11) is 0. The highest BCUT2D eigenvalue weighted by atomic mass is 35.5. The molecule has 0 aliphatic heterocycles. The third kappa shape index (κ3) is 10.4. The van der Waals surface area contributed by atoms with E-state index < -0.39 is 0 Å². The lowest BCUT2D eigenvalue weighted by Crippen LogP contribution is -2.25. The van der Waals surface area contributed by atoms with E-state index in [1.54, 1.807) is 0 Å². The molecule has 0 saturated heterocycles. The number of nitrogens with zero attached hydrogens (tertiary/aromatic N) is 4. The van der Waals surface area contributed by atoms with Gasteiger partial charge in [-0.15, -0.1) is 11.8 Å². The molecule has 0 radical (unpaired) electrons. The Kier molecular flexibility index (Phi) is 15.1. The molecular weight excluding hydrogens is 612 g/mol. The number of hydrogen-bond acceptors (Lipinski definition) is 6. The largest absolute Gasteiger partial charge is 0.493 e. The van der Waals surface area contributed by atoms with Crippen molar-refractivity contribution in [3.8, 4) is 22.9 Å². The molecule has 4 aromatic rings. The molecular formula is C38H53ClN4O2S. The van der Waals surface area contributed by atoms with Crippen LogP contribution in [0.1, 0.15) is 65.9 Å². The van der Waals surface area contributed by atoms with Crippen molar-refractivity contribution in [1.29, 1.82) is 0 Å². The minimum absolute atomic E-state index is 0.647. The molecule has 0 amide bonds. The number of rotatable bonds is 21. The Bertz CT molecular complexity index is 1450. The summed E-state index contributed by atoms with van der Waals surface area (Å²) in [5.41, 5.74) is 4.35. The van der Waals surface area contributed by atoms with Crippen molar-refractivity contribution in [3.05, 3.63) is 71.2 Å². The standard InChI is InChI=1S/C38H53ClN4O2S/c1-6-11-24-43-35-27-33(44-25-12-22-41(7-2)8-3)28-36(45-26-13-23-42(9-4)10-5)37(35)40-38(43)31-16-20-34(21-17-31)46-29-30-14-18-32(39)19-15-30/h14-21,27-28H,6-13,22-26,29H2,1-5H3. The Hall–Kier alpha value is -2.71. The molecule has 6 nitrogen and oxygen atoms in total. The molecule has 0 spiro atoms. The number of hydrogen-bond donors (Lipinski definition) is 0. The fourth-order valence-electron chi connectivity index (χ4n) is 5.60. The average molecular weight is 665 g/mol. The van der Waals surface area contributed by atoms with Gasteiger partial charge < -0.3 is 23.8 Å². The van der Waals surface area contributed by atoms with E-state index >= 15 is 0 Å². The Labute approximate surface area is 286 Å². The third-order valence-electron chi connectivity index (χ3n) is 8.51. The number of aromatic nitrogens is 2. The first-order valence-corrected chi connectivity index (χ1v) is 18.6. The van der Waals surface area contributed by atoms with Crippen LogP contribution >= 0.6 is 23.4 Å². The number of aryl methyl sites for hydroxylation is 1. The van der Waals surface area contributed by atoms with Crippen LogP contribution in [0.4, 0.5) is 0 Å². The van der Waals surface area contributed by atoms with Gasteiger partial charge in [-0.1, -0.05) is 76.9 Å². The van der Waals surface area contributed by atoms with E-state index in [-0.39, 0.29) is 0 Å². The second-order valence-corrected chi connectivity index (χ2v) is 13.1. The zero-order valence-electron chi connectivity index (χ0n) is 28.6. The minimum atomic E-state index is 0.647. The zero-order chi connectivity index (χ0) is 32.7. The predicted molar refractivity (Wildman–Crippen MR) is 197 cm³/mol. The smallest absolute Gasteiger partial charge is 0.150 e. The van der Waals surface area contributed by atoms with Gasteiger partial charge in [0.15, 0.2) is 5.75 Å². The molecule has 0 bridgehead atoms. The van der Waals surface area contributed by atoms with Crippen molar-refractivity contribution in [2.45, 2.75) is 77.5 Å². The molecule has 0 aliphatic rings. The zero-order valence-corrected chi connectivity index (χ0v) is 30.1. The van der Waals surface area contributed by atoms with Gasteiger partial charge in [0.25, 0.3) is 0 Å². The Morgan fingerprint density at radius 1 is 0.761 bits per heavy atom. The van der Waals surface area contributed by atoms with Gasteiger partial charge in [-0.05, 0) is 75.3 Å². The van der Waals surface area contributed by atoms with Crippen molar-refractivity contribution in [2.75, 3.05) is 52.5 Å². The molecule has 8 heteroatoms. The van der Waals surface area contributed by atoms with Gasteiger partial charge in [0.2, 0.25) is 0 Å². The van der Waals surface area contributed by atoms with E-state index in [0.29, 0.717) is 13.2 Å². The highest BCUT2D eigenvalue weighted by Crippen LogP contribution is 2.36. The van der Waals surface area contributed by atoms with Crippen molar-refractivity contribution in [2.24, 2.45) is 0 Å². The van der Waals surface area contributed by atoms with Crippen LogP contribution in [0.5, 0.6) is 11.5 Å². The summed E-state index contributed by atoms with van der Waals surface area (Å²) in [6.07, 6.45) is 4.14. The van der Waals surface area contributed by atoms with Crippen LogP contribution < -0.4 is 9.47 Å². The van der Waals surface area contributed by atoms with E-state index in [1.807, 2.05) is 23.9 Å². The van der Waals surface area contributed by atoms with Gasteiger partial charge in [-0.3, -0.25) is 0 Å². The van der Waals surface area contributed by atoms with Crippen LogP contribution in [0.25, 0.3) is 22.4 Å². The van der Waals surface area contributed by atoms with Gasteiger partial charge in [-0.2, -0.15) is 0 Å². The van der Waals surface area contributed by atoms with Crippen LogP contribution in [0.15, 0.2) is 65.6 Å². The molecule has 46 heavy (non-hydrogen) atoms. The molecule has 0 aliphatic carbocycles. The number of fused-ring (bicyclic) bond motifs is 1. The van der Waals surface area contributed by atoms with Gasteiger partial charge in [0.1, 0.15) is 17.1 Å². The predicted octanol–water partition coefficient (Wildman–Crippen LogP) is 9.67. The summed E-state index contributed by atoms with van der Waals surface area (Å²) >= 11 is 7.89. The summed E-state index contributed by atoms with van der Waals surface area (Å²) in [4.78, 5) is 11.3. The molecule has 1 aromatic heterocycles. The number of halogens is 1. The number of imidazole rings is 1. The molecule has 3 aromatic carbocycles. The van der Waals surface area contributed by atoms with E-state index in [4.69, 9.17) is 26.1 Å². The number of unbranched alkanes of at least 4 members (excludes halogenated alkanes) is 1. The lowest BCUT2D eigenvalue weighted by molar-refractivity contribution is 0.243. The number of benzene rings is 3. The van der Waals surface area contributed by atoms with E-state index in [0.717, 1.165) is 116 Å². The Balaban J connectivity index is 1.60. The van der Waals surface area contributed by atoms with E-state index in [9.17, 15) is 0 Å². The summed E-state index contributed by atoms with van der Waals surface area (Å²) in [5, 5.41) is 0.770. The van der Waals surface area contributed by atoms with Crippen molar-refractivity contribution < 1.29 is 9.47 Å². The summed E-state index contributed by atoms with van der Waals surface area (Å²) in [5.74, 6) is 3.54. The first-order valence-electron chi connectivity index (χ1n) is 17.2. The summed E-state index contributed by atoms with van der Waals surface area (Å²) in [6, 6.07) is 21.1. The quantitative estimate of drug-likeness (QED) is 0.0653. The van der Waals surface area contributed by atoms with Gasteiger partial charge in [0.05, 0.1) is 18.7 Å². The highest BCUT2D eigenvalue weighted by Gasteiger charge is 2.18. The maximum absolute atomic E-state index is 6.49. The van der Waals surface area contributed by atoms with E-state index in [1.165, 1.54) is 10.5 Å². The third-order valence-corrected chi connectivity index (χ3v) is 9.85. The fourth-order valence-corrected chi connectivity index (χ4v) is 6.58. The SMILES string of the molecule is CCCCn1c(-c2ccc(SCc3ccc(Cl)cc3)cc2)nc2c(OCCCN(CC)CC)cc(OCCCN(CC)CC)cc21. The normalized spacial score (nSPS) is 11.7. The lowest BCUT2D eigenvalue weighted by Gasteiger charge is -2.18. The lowest BCUT2D eigenvalue weighted by atomic mass is 10.2. The minimum Gasteiger partial charge on any atom is -0.493 e. The number of thioether (sulfide) groups is 1. The highest BCUT2D eigenvalue weighted by molar-refractivity contribution is 7.98. The van der Waals surface area contributed by atoms with Gasteiger partial charge >= 0.3 is 0 Å². The first kappa shape index (κ1) is 36.1. The number of ether oxygens (including phenoxy) is 2. The molecule has 0 unspecified atom stereocenters. The fraction of sp³-hybridized carbons (Fsp3) is 0.500. The average Bonchev–Trinajstić information content (AvgIpc) is 3.45. The van der Waals surface area contributed by atoms with Crippen LogP contribution in [0.3, 0.4) is 0 Å². The van der Waals surface area contributed by atoms with Crippen LogP contribution in [-0.2, 0) is 12.3 Å². The van der Waals surface area contributed by atoms with Crippen LogP contribution in [-0.4, -0.2) is 71.8 Å². The topological polar surface area (TPSA) is 42.8 Å². The van der Waals surface area contributed by atoms with Crippen LogP contribution in [0, 0.1) is 0 Å². The van der Waals surface area contributed by atoms with Crippen molar-refractivity contribution in [1.82, 2.24) is 19.4 Å². The summed E-state index contributed by atoms with van der Waals surface area (Å²) < 4.78 is 15.2. The Morgan fingerprint density at radius 3 is 2.00 bits per heavy atom. The monoisotopic (exact) mass is 664 g/mol. The molecule has 4 rings (SSSR count). The van der Waals surface area contributed by atoms with Gasteiger partial charge in [-0.25, -0.2) is 4.98 Å². The van der Waals surface area contributed by atoms with Crippen molar-refractivity contribution in [3.63, 3.8) is 0 Å². The van der Waals surface area contributed by atoms with Crippen LogP contribution in [0.2, 0.25) is 5.02 Å². The Morgan fingerprint density at radius 2 is 1.39 bits per heavy atom. The second-order valence-electron chi connectivity index (χ2n) is 11.6. The van der Waals surface area contributed by atoms with Gasteiger partial charge in [0, 0.05) is 53.0 Å². The molecule has 0 atom stereocenters. The maximum Gasteiger partial charge on any atom is 0.150 e. The second kappa shape index (κ2) is 19.2. The molecule has 250 valence electrons. The van der Waals surface area contributed by atoms with E-state index in [2.05, 4.69) is 97.5 Å². The summed E-state index contributed by atoms with van der Waals surface area (Å²) in [6.45, 7) is 19.6. The first-order chi connectivity index (χ1) is 22.5. The molecule has 1 heterocycles. The van der Waals surface area contributed by atoms with Crippen molar-refractivity contribution >= 4 is 34.4 Å². The molecule has 0 fully saturated rings. The maximum atomic E-state index is 6.49.